The highest BCUT2D eigenvalue weighted by Crippen LogP contribution is 2.27. The van der Waals surface area contributed by atoms with Crippen LogP contribution in [0.3, 0.4) is 0 Å². The summed E-state index contributed by atoms with van der Waals surface area (Å²) in [4.78, 5) is 4.38. The first kappa shape index (κ1) is 16.7. The van der Waals surface area contributed by atoms with E-state index in [4.69, 9.17) is 14.7 Å². The van der Waals surface area contributed by atoms with Gasteiger partial charge in [0.1, 0.15) is 30.4 Å². The molecule has 0 radical (unpaired) electrons. The van der Waals surface area contributed by atoms with Crippen molar-refractivity contribution in [3.8, 4) is 17.7 Å². The van der Waals surface area contributed by atoms with Gasteiger partial charge < -0.3 is 9.47 Å². The van der Waals surface area contributed by atoms with Gasteiger partial charge in [0.05, 0.1) is 0 Å². The molecule has 23 heavy (non-hydrogen) atoms. The third kappa shape index (κ3) is 5.57. The van der Waals surface area contributed by atoms with Crippen LogP contribution in [0.15, 0.2) is 59.6 Å². The molecule has 0 aliphatic rings. The fourth-order valence-electron chi connectivity index (χ4n) is 1.78. The fourth-order valence-corrected chi connectivity index (χ4v) is 2.12. The number of nitrogens with zero attached hydrogens (tertiary/aromatic N) is 2. The average molecular weight is 327 g/mol. The van der Waals surface area contributed by atoms with Crippen LogP contribution in [0.2, 0.25) is 0 Å². The van der Waals surface area contributed by atoms with Gasteiger partial charge in [0.15, 0.2) is 11.4 Å². The summed E-state index contributed by atoms with van der Waals surface area (Å²) in [5.41, 5.74) is 0.666. The van der Waals surface area contributed by atoms with Crippen molar-refractivity contribution < 1.29 is 9.47 Å². The lowest BCUT2D eigenvalue weighted by atomic mass is 10.3. The number of rotatable bonds is 6. The molecule has 0 heterocycles. The Morgan fingerprint density at radius 2 is 1.78 bits per heavy atom. The maximum absolute atomic E-state index is 8.69. The Bertz CT molecular complexity index is 684. The van der Waals surface area contributed by atoms with Crippen molar-refractivity contribution in [1.82, 2.24) is 5.32 Å². The largest absolute Gasteiger partial charge is 0.490 e. The van der Waals surface area contributed by atoms with Crippen molar-refractivity contribution in [2.24, 2.45) is 4.99 Å². The molecule has 0 unspecified atom stereocenters. The lowest BCUT2D eigenvalue weighted by Gasteiger charge is -2.10. The van der Waals surface area contributed by atoms with Crippen LogP contribution in [0.1, 0.15) is 0 Å². The first-order valence-corrected chi connectivity index (χ1v) is 8.23. The fraction of sp³-hybridized carbons (Fsp3) is 0.176. The third-order valence-electron chi connectivity index (χ3n) is 2.80. The molecular formula is C17H17N3O2S. The summed E-state index contributed by atoms with van der Waals surface area (Å²) in [6.45, 7) is 0.843. The second kappa shape index (κ2) is 9.38. The second-order valence-corrected chi connectivity index (χ2v) is 5.13. The molecule has 0 bridgehead atoms. The van der Waals surface area contributed by atoms with Crippen LogP contribution in [0, 0.1) is 11.5 Å². The van der Waals surface area contributed by atoms with E-state index < -0.39 is 0 Å². The maximum Gasteiger partial charge on any atom is 0.183 e. The van der Waals surface area contributed by atoms with E-state index in [-0.39, 0.29) is 0 Å². The molecule has 0 aliphatic heterocycles. The number of ether oxygens (including phenoxy) is 2. The highest BCUT2D eigenvalue weighted by atomic mass is 32.2. The minimum Gasteiger partial charge on any atom is -0.490 e. The number of nitrogens with one attached hydrogen (secondary N) is 1. The van der Waals surface area contributed by atoms with Crippen LogP contribution in [0.4, 0.5) is 5.69 Å². The van der Waals surface area contributed by atoms with E-state index in [1.807, 2.05) is 67.0 Å². The lowest BCUT2D eigenvalue weighted by molar-refractivity contribution is 0.217. The Labute approximate surface area is 140 Å². The van der Waals surface area contributed by atoms with Gasteiger partial charge in [-0.1, -0.05) is 42.1 Å². The molecule has 0 aromatic heterocycles. The molecule has 0 atom stereocenters. The van der Waals surface area contributed by atoms with Crippen LogP contribution in [0.5, 0.6) is 11.5 Å². The zero-order chi connectivity index (χ0) is 16.3. The minimum absolute atomic E-state index is 0.404. The Morgan fingerprint density at radius 1 is 1.09 bits per heavy atom. The van der Waals surface area contributed by atoms with Crippen molar-refractivity contribution >= 4 is 22.6 Å². The molecule has 0 fully saturated rings. The van der Waals surface area contributed by atoms with Crippen molar-refractivity contribution in [3.63, 3.8) is 0 Å². The Hall–Kier alpha value is -2.65. The standard InChI is InChI=1S/C17H17N3O2S/c1-23-17(19-13-18)20-15-9-5-6-10-16(15)22-12-11-21-14-7-3-2-4-8-14/h2-10H,11-12H2,1H3,(H,19,20). The number of benzene rings is 2. The molecule has 0 spiro atoms. The molecule has 2 rings (SSSR count). The first-order chi connectivity index (χ1) is 11.3. The van der Waals surface area contributed by atoms with Crippen LogP contribution in [-0.4, -0.2) is 24.6 Å². The molecule has 5 nitrogen and oxygen atoms in total. The Balaban J connectivity index is 1.94. The van der Waals surface area contributed by atoms with Gasteiger partial charge >= 0.3 is 0 Å². The quantitative estimate of drug-likeness (QED) is 0.289. The number of hydrogen-bond donors (Lipinski definition) is 1. The van der Waals surface area contributed by atoms with Crippen molar-refractivity contribution in [2.45, 2.75) is 0 Å². The number of hydrogen-bond acceptors (Lipinski definition) is 5. The molecule has 0 aliphatic carbocycles. The number of para-hydroxylation sites is 3. The van der Waals surface area contributed by atoms with E-state index in [1.54, 1.807) is 0 Å². The molecule has 1 N–H and O–H groups in total. The van der Waals surface area contributed by atoms with Gasteiger partial charge in [-0.2, -0.15) is 5.26 Å². The highest BCUT2D eigenvalue weighted by Gasteiger charge is 2.04. The van der Waals surface area contributed by atoms with Gasteiger partial charge in [-0.15, -0.1) is 0 Å². The summed E-state index contributed by atoms with van der Waals surface area (Å²) in [7, 11) is 0. The van der Waals surface area contributed by atoms with E-state index in [0.717, 1.165) is 5.75 Å². The van der Waals surface area contributed by atoms with Crippen molar-refractivity contribution in [2.75, 3.05) is 19.5 Å². The predicted octanol–water partition coefficient (Wildman–Crippen LogP) is 3.57. The first-order valence-electron chi connectivity index (χ1n) is 7.01. The van der Waals surface area contributed by atoms with Crippen LogP contribution < -0.4 is 14.8 Å². The Morgan fingerprint density at radius 3 is 2.52 bits per heavy atom. The van der Waals surface area contributed by atoms with Gasteiger partial charge in [-0.05, 0) is 30.5 Å². The van der Waals surface area contributed by atoms with Gasteiger partial charge in [-0.3, -0.25) is 5.32 Å². The number of nitriles is 1. The summed E-state index contributed by atoms with van der Waals surface area (Å²) in [5, 5.41) is 11.7. The smallest absolute Gasteiger partial charge is 0.183 e. The van der Waals surface area contributed by atoms with Crippen LogP contribution >= 0.6 is 11.8 Å². The SMILES string of the molecule is CSC(=Nc1ccccc1OCCOc1ccccc1)NC#N. The minimum atomic E-state index is 0.404. The van der Waals surface area contributed by atoms with Gasteiger partial charge in [-0.25, -0.2) is 4.99 Å². The molecule has 118 valence electrons. The molecule has 2 aromatic carbocycles. The molecule has 0 saturated carbocycles. The summed E-state index contributed by atoms with van der Waals surface area (Å²) in [5.74, 6) is 1.46. The maximum atomic E-state index is 8.69. The average Bonchev–Trinajstić information content (AvgIpc) is 2.60. The van der Waals surface area contributed by atoms with Crippen molar-refractivity contribution in [1.29, 1.82) is 5.26 Å². The number of amidine groups is 1. The lowest BCUT2D eigenvalue weighted by Crippen LogP contribution is -2.13. The number of aliphatic imine (C=N–C) groups is 1. The molecule has 0 saturated heterocycles. The third-order valence-corrected chi connectivity index (χ3v) is 3.38. The molecule has 0 amide bonds. The van der Waals surface area contributed by atoms with E-state index >= 15 is 0 Å². The highest BCUT2D eigenvalue weighted by molar-refractivity contribution is 8.13. The molecular weight excluding hydrogens is 310 g/mol. The monoisotopic (exact) mass is 327 g/mol. The summed E-state index contributed by atoms with van der Waals surface area (Å²) in [6.07, 6.45) is 3.71. The topological polar surface area (TPSA) is 66.6 Å². The summed E-state index contributed by atoms with van der Waals surface area (Å²) in [6, 6.07) is 17.0. The Kier molecular flexibility index (Phi) is 6.82. The second-order valence-electron chi connectivity index (χ2n) is 4.34. The van der Waals surface area contributed by atoms with Crippen molar-refractivity contribution in [3.05, 3.63) is 54.6 Å². The molecule has 6 heteroatoms. The summed E-state index contributed by atoms with van der Waals surface area (Å²) >= 11 is 1.36. The van der Waals surface area contributed by atoms with E-state index in [2.05, 4.69) is 10.3 Å². The van der Waals surface area contributed by atoms with Crippen LogP contribution in [-0.2, 0) is 0 Å². The van der Waals surface area contributed by atoms with E-state index in [0.29, 0.717) is 29.8 Å². The zero-order valence-electron chi connectivity index (χ0n) is 12.7. The van der Waals surface area contributed by atoms with Gasteiger partial charge in [0.2, 0.25) is 0 Å². The molecule has 2 aromatic rings. The normalized spacial score (nSPS) is 10.7. The van der Waals surface area contributed by atoms with Gasteiger partial charge in [0, 0.05) is 0 Å². The van der Waals surface area contributed by atoms with Gasteiger partial charge in [0.25, 0.3) is 0 Å². The number of thioether (sulfide) groups is 1. The zero-order valence-corrected chi connectivity index (χ0v) is 13.5. The van der Waals surface area contributed by atoms with E-state index in [9.17, 15) is 0 Å². The summed E-state index contributed by atoms with van der Waals surface area (Å²) < 4.78 is 11.3. The van der Waals surface area contributed by atoms with E-state index in [1.165, 1.54) is 11.8 Å². The van der Waals surface area contributed by atoms with Crippen LogP contribution in [0.25, 0.3) is 0 Å². The predicted molar refractivity (Wildman–Crippen MR) is 93.2 cm³/mol.